The van der Waals surface area contributed by atoms with E-state index in [0.29, 0.717) is 0 Å². The Hall–Kier alpha value is -1.15. The normalized spacial score (nSPS) is 14.6. The van der Waals surface area contributed by atoms with Crippen LogP contribution in [0.15, 0.2) is 12.2 Å². The minimum absolute atomic E-state index is 0.477. The number of hydrogen-bond donors (Lipinski definition) is 2. The summed E-state index contributed by atoms with van der Waals surface area (Å²) in [5, 5.41) is 17.6. The highest BCUT2D eigenvalue weighted by Crippen LogP contribution is 2.40. The van der Waals surface area contributed by atoms with Crippen molar-refractivity contribution in [1.29, 1.82) is 0 Å². The number of halogens is 4. The van der Waals surface area contributed by atoms with Crippen molar-refractivity contribution in [2.75, 3.05) is 13.2 Å². The van der Waals surface area contributed by atoms with Crippen LogP contribution in [-0.4, -0.2) is 47.3 Å². The molecule has 118 valence electrons. The second kappa shape index (κ2) is 8.21. The Balaban J connectivity index is 4.40. The van der Waals surface area contributed by atoms with E-state index in [1.165, 1.54) is 13.0 Å². The van der Waals surface area contributed by atoms with Crippen LogP contribution < -0.4 is 0 Å². The second-order valence-electron chi connectivity index (χ2n) is 4.22. The monoisotopic (exact) mass is 302 g/mol. The molecule has 0 aromatic heterocycles. The maximum atomic E-state index is 13.3. The lowest BCUT2D eigenvalue weighted by Gasteiger charge is -2.28. The van der Waals surface area contributed by atoms with E-state index in [2.05, 4.69) is 4.74 Å². The van der Waals surface area contributed by atoms with Gasteiger partial charge in [-0.15, -0.1) is 0 Å². The summed E-state index contributed by atoms with van der Waals surface area (Å²) in [7, 11) is 0. The van der Waals surface area contributed by atoms with Gasteiger partial charge in [-0.2, -0.15) is 17.6 Å². The lowest BCUT2D eigenvalue weighted by Crippen LogP contribution is -2.44. The zero-order chi connectivity index (χ0) is 15.8. The van der Waals surface area contributed by atoms with Gasteiger partial charge in [0.05, 0.1) is 6.10 Å². The molecule has 0 aromatic carbocycles. The quantitative estimate of drug-likeness (QED) is 0.388. The largest absolute Gasteiger partial charge is 0.460 e. The fraction of sp³-hybridized carbons (Fsp3) is 0.750. The molecule has 0 aliphatic heterocycles. The van der Waals surface area contributed by atoms with E-state index in [1.54, 1.807) is 0 Å². The lowest BCUT2D eigenvalue weighted by atomic mass is 10.0. The molecule has 4 nitrogen and oxygen atoms in total. The van der Waals surface area contributed by atoms with Crippen molar-refractivity contribution in [3.8, 4) is 0 Å². The molecule has 0 saturated carbocycles. The molecule has 0 amide bonds. The van der Waals surface area contributed by atoms with Crippen molar-refractivity contribution < 1.29 is 37.3 Å². The zero-order valence-electron chi connectivity index (χ0n) is 11.0. The zero-order valence-corrected chi connectivity index (χ0v) is 11.0. The van der Waals surface area contributed by atoms with E-state index in [-0.39, 0.29) is 0 Å². The molecule has 0 aliphatic rings. The van der Waals surface area contributed by atoms with Crippen molar-refractivity contribution in [3.63, 3.8) is 0 Å². The summed E-state index contributed by atoms with van der Waals surface area (Å²) in [6.45, 7) is 0.0948. The molecule has 0 saturated heterocycles. The predicted molar refractivity (Wildman–Crippen MR) is 62.6 cm³/mol. The number of esters is 1. The van der Waals surface area contributed by atoms with Gasteiger partial charge in [0.25, 0.3) is 0 Å². The molecule has 2 N–H and O–H groups in total. The first kappa shape index (κ1) is 18.9. The molecule has 0 aliphatic carbocycles. The Morgan fingerprint density at radius 3 is 2.40 bits per heavy atom. The fourth-order valence-electron chi connectivity index (χ4n) is 1.35. The average molecular weight is 302 g/mol. The number of alkyl halides is 4. The standard InChI is InChI=1S/C12H18F4O4/c1-2-4-10(19)20-8-9(18)7-12(15,16)11(13,14)5-3-6-17/h2,4,9,17-18H,3,5-8H2,1H3. The van der Waals surface area contributed by atoms with Gasteiger partial charge in [0.15, 0.2) is 0 Å². The molecular weight excluding hydrogens is 284 g/mol. The SMILES string of the molecule is CC=CC(=O)OCC(O)CC(F)(F)C(F)(F)CCCO. The number of rotatable bonds is 9. The summed E-state index contributed by atoms with van der Waals surface area (Å²) < 4.78 is 57.3. The first-order chi connectivity index (χ1) is 9.16. The third kappa shape index (κ3) is 6.33. The van der Waals surface area contributed by atoms with Crippen LogP contribution in [0.1, 0.15) is 26.2 Å². The summed E-state index contributed by atoms with van der Waals surface area (Å²) in [6, 6.07) is 0. The number of carbonyl (C=O) groups is 1. The number of allylic oxidation sites excluding steroid dienone is 1. The van der Waals surface area contributed by atoms with Crippen LogP contribution >= 0.6 is 0 Å². The Morgan fingerprint density at radius 1 is 1.30 bits per heavy atom. The molecule has 1 unspecified atom stereocenters. The highest BCUT2D eigenvalue weighted by Gasteiger charge is 2.55. The topological polar surface area (TPSA) is 66.8 Å². The number of aliphatic hydroxyl groups is 2. The molecule has 20 heavy (non-hydrogen) atoms. The summed E-state index contributed by atoms with van der Waals surface area (Å²) in [4.78, 5) is 10.9. The van der Waals surface area contributed by atoms with Crippen LogP contribution in [0.2, 0.25) is 0 Å². The summed E-state index contributed by atoms with van der Waals surface area (Å²) in [5.41, 5.74) is 0. The molecule has 1 atom stereocenters. The third-order valence-electron chi connectivity index (χ3n) is 2.40. The van der Waals surface area contributed by atoms with Crippen molar-refractivity contribution in [2.45, 2.75) is 44.1 Å². The van der Waals surface area contributed by atoms with E-state index in [0.717, 1.165) is 6.08 Å². The summed E-state index contributed by atoms with van der Waals surface area (Å²) in [6.07, 6.45) is -2.77. The Kier molecular flexibility index (Phi) is 7.74. The second-order valence-corrected chi connectivity index (χ2v) is 4.22. The predicted octanol–water partition coefficient (Wildman–Crippen LogP) is 1.90. The summed E-state index contributed by atoms with van der Waals surface area (Å²) >= 11 is 0. The molecule has 0 spiro atoms. The maximum absolute atomic E-state index is 13.3. The van der Waals surface area contributed by atoms with Gasteiger partial charge in [-0.3, -0.25) is 0 Å². The molecule has 0 aromatic rings. The Morgan fingerprint density at radius 2 is 1.90 bits per heavy atom. The Bertz CT molecular complexity index is 331. The Labute approximate surface area is 114 Å². The van der Waals surface area contributed by atoms with Gasteiger partial charge >= 0.3 is 17.8 Å². The molecule has 0 heterocycles. The van der Waals surface area contributed by atoms with Crippen LogP contribution in [0.3, 0.4) is 0 Å². The van der Waals surface area contributed by atoms with Crippen molar-refractivity contribution >= 4 is 5.97 Å². The molecule has 0 rings (SSSR count). The van der Waals surface area contributed by atoms with E-state index >= 15 is 0 Å². The first-order valence-electron chi connectivity index (χ1n) is 6.00. The van der Waals surface area contributed by atoms with Crippen LogP contribution in [0.5, 0.6) is 0 Å². The van der Waals surface area contributed by atoms with E-state index in [1.807, 2.05) is 0 Å². The van der Waals surface area contributed by atoms with Crippen LogP contribution in [0, 0.1) is 0 Å². The van der Waals surface area contributed by atoms with Crippen LogP contribution in [0.25, 0.3) is 0 Å². The number of hydrogen-bond acceptors (Lipinski definition) is 4. The minimum atomic E-state index is -4.45. The van der Waals surface area contributed by atoms with Gasteiger partial charge in [-0.25, -0.2) is 4.79 Å². The maximum Gasteiger partial charge on any atom is 0.330 e. The average Bonchev–Trinajstić information content (AvgIpc) is 2.33. The van der Waals surface area contributed by atoms with E-state index in [4.69, 9.17) is 5.11 Å². The highest BCUT2D eigenvalue weighted by molar-refractivity contribution is 5.81. The van der Waals surface area contributed by atoms with Crippen molar-refractivity contribution in [2.24, 2.45) is 0 Å². The molecular formula is C12H18F4O4. The van der Waals surface area contributed by atoms with Gasteiger partial charge in [0, 0.05) is 25.5 Å². The van der Waals surface area contributed by atoms with Gasteiger partial charge in [0.1, 0.15) is 6.61 Å². The number of aliphatic hydroxyl groups excluding tert-OH is 2. The molecule has 8 heteroatoms. The van der Waals surface area contributed by atoms with Gasteiger partial charge in [-0.1, -0.05) is 6.08 Å². The van der Waals surface area contributed by atoms with Gasteiger partial charge < -0.3 is 14.9 Å². The van der Waals surface area contributed by atoms with Gasteiger partial charge in [-0.05, 0) is 13.3 Å². The number of ether oxygens (including phenoxy) is 1. The third-order valence-corrected chi connectivity index (χ3v) is 2.40. The van der Waals surface area contributed by atoms with Crippen molar-refractivity contribution in [3.05, 3.63) is 12.2 Å². The van der Waals surface area contributed by atoms with Crippen LogP contribution in [0.4, 0.5) is 17.6 Å². The van der Waals surface area contributed by atoms with E-state index in [9.17, 15) is 27.5 Å². The minimum Gasteiger partial charge on any atom is -0.460 e. The van der Waals surface area contributed by atoms with Crippen molar-refractivity contribution in [1.82, 2.24) is 0 Å². The van der Waals surface area contributed by atoms with Crippen LogP contribution in [-0.2, 0) is 9.53 Å². The molecule has 0 bridgehead atoms. The number of carbonyl (C=O) groups excluding carboxylic acids is 1. The molecule has 0 fully saturated rings. The van der Waals surface area contributed by atoms with Gasteiger partial charge in [0.2, 0.25) is 0 Å². The lowest BCUT2D eigenvalue weighted by molar-refractivity contribution is -0.227. The molecule has 0 radical (unpaired) electrons. The van der Waals surface area contributed by atoms with E-state index < -0.39 is 56.4 Å². The fourth-order valence-corrected chi connectivity index (χ4v) is 1.35. The smallest absolute Gasteiger partial charge is 0.330 e. The highest BCUT2D eigenvalue weighted by atomic mass is 19.3. The first-order valence-corrected chi connectivity index (χ1v) is 6.00. The summed E-state index contributed by atoms with van der Waals surface area (Å²) in [5.74, 6) is -9.65.